The maximum Gasteiger partial charge on any atom is 0.267 e. The van der Waals surface area contributed by atoms with Crippen molar-refractivity contribution >= 4 is 34.5 Å². The molecule has 0 radical (unpaired) electrons. The number of nitrogens with one attached hydrogen (secondary N) is 2. The molecule has 2 amide bonds. The summed E-state index contributed by atoms with van der Waals surface area (Å²) < 4.78 is 5.24. The molecule has 2 aromatic rings. The first-order chi connectivity index (χ1) is 10.4. The van der Waals surface area contributed by atoms with E-state index in [-0.39, 0.29) is 11.8 Å². The first-order valence-corrected chi connectivity index (χ1v) is 7.43. The number of amides is 2. The maximum atomic E-state index is 12.4. The van der Waals surface area contributed by atoms with Crippen molar-refractivity contribution in [3.8, 4) is 5.75 Å². The number of hydrogen-bond acceptors (Lipinski definition) is 5. The zero-order chi connectivity index (χ0) is 16.3. The van der Waals surface area contributed by atoms with E-state index in [1.54, 1.807) is 25.1 Å². The first kappa shape index (κ1) is 16.0. The van der Waals surface area contributed by atoms with Crippen LogP contribution in [-0.4, -0.2) is 23.9 Å². The van der Waals surface area contributed by atoms with E-state index < -0.39 is 0 Å². The third-order valence-corrected chi connectivity index (χ3v) is 3.95. The zero-order valence-electron chi connectivity index (χ0n) is 12.8. The number of anilines is 2. The molecule has 0 saturated heterocycles. The van der Waals surface area contributed by atoms with Gasteiger partial charge >= 0.3 is 0 Å². The molecule has 116 valence electrons. The van der Waals surface area contributed by atoms with E-state index in [1.807, 2.05) is 6.92 Å². The van der Waals surface area contributed by atoms with Crippen LogP contribution in [0.15, 0.2) is 18.2 Å². The SMILES string of the molecule is COc1ccc(NC(C)=O)cc1NC(=O)c1sc(C)nc1C. The monoisotopic (exact) mass is 319 g/mol. The summed E-state index contributed by atoms with van der Waals surface area (Å²) in [5.41, 5.74) is 1.77. The molecule has 0 aliphatic heterocycles. The van der Waals surface area contributed by atoms with Crippen LogP contribution in [-0.2, 0) is 4.79 Å². The number of aryl methyl sites for hydroxylation is 2. The molecule has 0 aliphatic carbocycles. The van der Waals surface area contributed by atoms with E-state index in [9.17, 15) is 9.59 Å². The molecule has 22 heavy (non-hydrogen) atoms. The Balaban J connectivity index is 2.28. The van der Waals surface area contributed by atoms with Gasteiger partial charge in [0.2, 0.25) is 5.91 Å². The number of hydrogen-bond donors (Lipinski definition) is 2. The number of benzene rings is 1. The van der Waals surface area contributed by atoms with Crippen LogP contribution < -0.4 is 15.4 Å². The van der Waals surface area contributed by atoms with Gasteiger partial charge in [-0.25, -0.2) is 4.98 Å². The van der Waals surface area contributed by atoms with Crippen LogP contribution in [0.5, 0.6) is 5.75 Å². The molecule has 0 unspecified atom stereocenters. The highest BCUT2D eigenvalue weighted by atomic mass is 32.1. The standard InChI is InChI=1S/C15H17N3O3S/c1-8-14(22-10(3)16-8)15(20)18-12-7-11(17-9(2)19)5-6-13(12)21-4/h5-7H,1-4H3,(H,17,19)(H,18,20). The quantitative estimate of drug-likeness (QED) is 0.908. The van der Waals surface area contributed by atoms with Crippen LogP contribution in [0.25, 0.3) is 0 Å². The first-order valence-electron chi connectivity index (χ1n) is 6.61. The third kappa shape index (κ3) is 3.62. The Labute approximate surface area is 132 Å². The molecule has 2 N–H and O–H groups in total. The van der Waals surface area contributed by atoms with Gasteiger partial charge in [-0.15, -0.1) is 11.3 Å². The molecular weight excluding hydrogens is 302 g/mol. The van der Waals surface area contributed by atoms with Gasteiger partial charge in [0, 0.05) is 12.6 Å². The highest BCUT2D eigenvalue weighted by molar-refractivity contribution is 7.13. The number of aromatic nitrogens is 1. The van der Waals surface area contributed by atoms with Gasteiger partial charge in [0.05, 0.1) is 23.5 Å². The Morgan fingerprint density at radius 1 is 1.23 bits per heavy atom. The van der Waals surface area contributed by atoms with E-state index in [2.05, 4.69) is 15.6 Å². The minimum absolute atomic E-state index is 0.184. The van der Waals surface area contributed by atoms with Gasteiger partial charge in [-0.1, -0.05) is 0 Å². The predicted molar refractivity (Wildman–Crippen MR) is 86.8 cm³/mol. The van der Waals surface area contributed by atoms with Crippen molar-refractivity contribution in [2.45, 2.75) is 20.8 Å². The molecule has 2 rings (SSSR count). The molecule has 1 aromatic heterocycles. The number of carbonyl (C=O) groups excluding carboxylic acids is 2. The number of ether oxygens (including phenoxy) is 1. The number of methoxy groups -OCH3 is 1. The lowest BCUT2D eigenvalue weighted by Gasteiger charge is -2.12. The van der Waals surface area contributed by atoms with Gasteiger partial charge in [0.1, 0.15) is 10.6 Å². The summed E-state index contributed by atoms with van der Waals surface area (Å²) in [5.74, 6) is 0.0825. The fraction of sp³-hybridized carbons (Fsp3) is 0.267. The normalized spacial score (nSPS) is 10.2. The lowest BCUT2D eigenvalue weighted by Crippen LogP contribution is -2.13. The minimum atomic E-state index is -0.249. The van der Waals surface area contributed by atoms with Crippen molar-refractivity contribution in [2.24, 2.45) is 0 Å². The summed E-state index contributed by atoms with van der Waals surface area (Å²) in [7, 11) is 1.52. The van der Waals surface area contributed by atoms with Crippen molar-refractivity contribution in [1.29, 1.82) is 0 Å². The number of rotatable bonds is 4. The van der Waals surface area contributed by atoms with E-state index >= 15 is 0 Å². The van der Waals surface area contributed by atoms with Crippen LogP contribution in [0.3, 0.4) is 0 Å². The van der Waals surface area contributed by atoms with Crippen molar-refractivity contribution < 1.29 is 14.3 Å². The van der Waals surface area contributed by atoms with Gasteiger partial charge in [-0.2, -0.15) is 0 Å². The number of nitrogens with zero attached hydrogens (tertiary/aromatic N) is 1. The van der Waals surface area contributed by atoms with Crippen LogP contribution in [0.4, 0.5) is 11.4 Å². The minimum Gasteiger partial charge on any atom is -0.495 e. The van der Waals surface area contributed by atoms with Gasteiger partial charge in [0.15, 0.2) is 0 Å². The largest absolute Gasteiger partial charge is 0.495 e. The summed E-state index contributed by atoms with van der Waals surface area (Å²) in [6, 6.07) is 5.05. The smallest absolute Gasteiger partial charge is 0.267 e. The van der Waals surface area contributed by atoms with Crippen LogP contribution >= 0.6 is 11.3 Å². The van der Waals surface area contributed by atoms with Crippen LogP contribution in [0, 0.1) is 13.8 Å². The summed E-state index contributed by atoms with van der Waals surface area (Å²) in [6.45, 7) is 5.07. The fourth-order valence-corrected chi connectivity index (χ4v) is 2.82. The van der Waals surface area contributed by atoms with Gasteiger partial charge in [-0.3, -0.25) is 9.59 Å². The Bertz CT molecular complexity index is 725. The zero-order valence-corrected chi connectivity index (χ0v) is 13.6. The summed E-state index contributed by atoms with van der Waals surface area (Å²) in [5, 5.41) is 6.31. The summed E-state index contributed by atoms with van der Waals surface area (Å²) in [6.07, 6.45) is 0. The van der Waals surface area contributed by atoms with E-state index in [0.717, 1.165) is 5.01 Å². The average molecular weight is 319 g/mol. The predicted octanol–water partition coefficient (Wildman–Crippen LogP) is 2.98. The molecule has 0 atom stereocenters. The molecule has 0 aliphatic rings. The van der Waals surface area contributed by atoms with E-state index in [4.69, 9.17) is 4.74 Å². The molecule has 0 spiro atoms. The number of carbonyl (C=O) groups is 2. The summed E-state index contributed by atoms with van der Waals surface area (Å²) >= 11 is 1.34. The Morgan fingerprint density at radius 2 is 1.95 bits per heavy atom. The molecular formula is C15H17N3O3S. The Kier molecular flexibility index (Phi) is 4.77. The van der Waals surface area contributed by atoms with Crippen LogP contribution in [0.1, 0.15) is 27.3 Å². The Morgan fingerprint density at radius 3 is 2.50 bits per heavy atom. The molecule has 0 fully saturated rings. The molecule has 1 heterocycles. The van der Waals surface area contributed by atoms with Crippen molar-refractivity contribution in [2.75, 3.05) is 17.7 Å². The highest BCUT2D eigenvalue weighted by Crippen LogP contribution is 2.29. The third-order valence-electron chi connectivity index (χ3n) is 2.88. The maximum absolute atomic E-state index is 12.4. The van der Waals surface area contributed by atoms with Crippen LogP contribution in [0.2, 0.25) is 0 Å². The second-order valence-corrected chi connectivity index (χ2v) is 5.90. The molecule has 7 heteroatoms. The van der Waals surface area contributed by atoms with Crippen molar-refractivity contribution in [3.63, 3.8) is 0 Å². The van der Waals surface area contributed by atoms with E-state index in [1.165, 1.54) is 25.4 Å². The second kappa shape index (κ2) is 6.57. The fourth-order valence-electron chi connectivity index (χ4n) is 2.01. The lowest BCUT2D eigenvalue weighted by molar-refractivity contribution is -0.114. The van der Waals surface area contributed by atoms with Crippen molar-refractivity contribution in [1.82, 2.24) is 4.98 Å². The van der Waals surface area contributed by atoms with Crippen molar-refractivity contribution in [3.05, 3.63) is 33.8 Å². The highest BCUT2D eigenvalue weighted by Gasteiger charge is 2.16. The van der Waals surface area contributed by atoms with Gasteiger partial charge < -0.3 is 15.4 Å². The molecule has 0 saturated carbocycles. The number of thiazole rings is 1. The molecule has 6 nitrogen and oxygen atoms in total. The summed E-state index contributed by atoms with van der Waals surface area (Å²) in [4.78, 5) is 28.3. The topological polar surface area (TPSA) is 80.3 Å². The lowest BCUT2D eigenvalue weighted by atomic mass is 10.2. The van der Waals surface area contributed by atoms with Gasteiger partial charge in [-0.05, 0) is 32.0 Å². The second-order valence-electron chi connectivity index (χ2n) is 4.70. The van der Waals surface area contributed by atoms with E-state index in [0.29, 0.717) is 27.7 Å². The molecule has 1 aromatic carbocycles. The molecule has 0 bridgehead atoms. The average Bonchev–Trinajstić information content (AvgIpc) is 2.77. The Hall–Kier alpha value is -2.41. The van der Waals surface area contributed by atoms with Gasteiger partial charge in [0.25, 0.3) is 5.91 Å².